The number of halogens is 1. The van der Waals surface area contributed by atoms with Gasteiger partial charge in [-0.2, -0.15) is 0 Å². The number of hydrogen-bond acceptors (Lipinski definition) is 2. The average molecular weight is 283 g/mol. The molecule has 0 amide bonds. The first-order chi connectivity index (χ1) is 8.61. The van der Waals surface area contributed by atoms with Crippen LogP contribution < -0.4 is 10.6 Å². The van der Waals surface area contributed by atoms with Crippen molar-refractivity contribution in [3.63, 3.8) is 0 Å². The maximum atomic E-state index is 6.10. The fourth-order valence-electron chi connectivity index (χ4n) is 2.36. The smallest absolute Gasteiger partial charge is 0.106 e. The Bertz CT molecular complexity index is 443. The van der Waals surface area contributed by atoms with Gasteiger partial charge in [0.25, 0.3) is 0 Å². The monoisotopic (exact) mass is 282 g/mol. The Morgan fingerprint density at radius 1 is 1.50 bits per heavy atom. The Kier molecular flexibility index (Phi) is 4.46. The van der Waals surface area contributed by atoms with Crippen molar-refractivity contribution in [2.45, 2.75) is 26.2 Å². The van der Waals surface area contributed by atoms with Gasteiger partial charge in [0.1, 0.15) is 4.99 Å². The van der Waals surface area contributed by atoms with Gasteiger partial charge in [0.15, 0.2) is 0 Å². The minimum atomic E-state index is 0.439. The minimum Gasteiger partial charge on any atom is -0.389 e. The van der Waals surface area contributed by atoms with Gasteiger partial charge in [0.05, 0.1) is 0 Å². The lowest BCUT2D eigenvalue weighted by Crippen LogP contribution is -2.33. The van der Waals surface area contributed by atoms with Crippen molar-refractivity contribution in [2.24, 2.45) is 11.7 Å². The van der Waals surface area contributed by atoms with Gasteiger partial charge in [-0.1, -0.05) is 30.2 Å². The summed E-state index contributed by atoms with van der Waals surface area (Å²) in [7, 11) is 0. The second kappa shape index (κ2) is 5.89. The van der Waals surface area contributed by atoms with Crippen LogP contribution in [0.15, 0.2) is 18.2 Å². The van der Waals surface area contributed by atoms with Crippen molar-refractivity contribution in [3.05, 3.63) is 28.8 Å². The first-order valence-corrected chi connectivity index (χ1v) is 7.24. The van der Waals surface area contributed by atoms with Crippen molar-refractivity contribution in [2.75, 3.05) is 18.0 Å². The quantitative estimate of drug-likeness (QED) is 0.837. The van der Waals surface area contributed by atoms with Crippen LogP contribution in [0.5, 0.6) is 0 Å². The second-order valence-electron chi connectivity index (χ2n) is 4.86. The maximum Gasteiger partial charge on any atom is 0.106 e. The van der Waals surface area contributed by atoms with Crippen LogP contribution in [0.2, 0.25) is 5.02 Å². The van der Waals surface area contributed by atoms with Gasteiger partial charge in [-0.15, -0.1) is 0 Å². The van der Waals surface area contributed by atoms with Crippen molar-refractivity contribution in [1.82, 2.24) is 0 Å². The van der Waals surface area contributed by atoms with Crippen LogP contribution in [0.25, 0.3) is 0 Å². The van der Waals surface area contributed by atoms with Crippen LogP contribution in [0.3, 0.4) is 0 Å². The molecule has 0 aliphatic heterocycles. The van der Waals surface area contributed by atoms with E-state index < -0.39 is 0 Å². The topological polar surface area (TPSA) is 29.3 Å². The Morgan fingerprint density at radius 3 is 2.72 bits per heavy atom. The zero-order valence-corrected chi connectivity index (χ0v) is 12.2. The molecule has 1 aliphatic carbocycles. The van der Waals surface area contributed by atoms with Gasteiger partial charge in [-0.25, -0.2) is 0 Å². The lowest BCUT2D eigenvalue weighted by molar-refractivity contribution is 0.318. The third-order valence-electron chi connectivity index (χ3n) is 3.65. The standard InChI is InChI=1S/C14H19ClN2S/c1-2-17(9-10-4-3-5-10)13-8-11(15)6-7-12(13)14(16)18/h6-8,10H,2-5,9H2,1H3,(H2,16,18). The number of anilines is 1. The largest absolute Gasteiger partial charge is 0.389 e. The van der Waals surface area contributed by atoms with E-state index in [1.165, 1.54) is 19.3 Å². The molecule has 1 aromatic rings. The van der Waals surface area contributed by atoms with E-state index in [9.17, 15) is 0 Å². The van der Waals surface area contributed by atoms with Gasteiger partial charge >= 0.3 is 0 Å². The molecule has 2 nitrogen and oxygen atoms in total. The molecule has 0 heterocycles. The molecule has 98 valence electrons. The van der Waals surface area contributed by atoms with Crippen molar-refractivity contribution in [1.29, 1.82) is 0 Å². The molecule has 1 aromatic carbocycles. The highest BCUT2D eigenvalue weighted by Crippen LogP contribution is 2.31. The summed E-state index contributed by atoms with van der Waals surface area (Å²) in [6, 6.07) is 5.73. The van der Waals surface area contributed by atoms with Gasteiger partial charge in [-0.3, -0.25) is 0 Å². The molecular formula is C14H19ClN2S. The van der Waals surface area contributed by atoms with Crippen LogP contribution in [0, 0.1) is 5.92 Å². The molecule has 2 N–H and O–H groups in total. The molecular weight excluding hydrogens is 264 g/mol. The van der Waals surface area contributed by atoms with Gasteiger partial charge < -0.3 is 10.6 Å². The number of nitrogens with zero attached hydrogens (tertiary/aromatic N) is 1. The van der Waals surface area contributed by atoms with E-state index in [2.05, 4.69) is 11.8 Å². The van der Waals surface area contributed by atoms with E-state index in [0.29, 0.717) is 4.99 Å². The van der Waals surface area contributed by atoms with E-state index in [0.717, 1.165) is 35.3 Å². The molecule has 1 aliphatic rings. The first kappa shape index (κ1) is 13.6. The zero-order chi connectivity index (χ0) is 13.1. The third-order valence-corrected chi connectivity index (χ3v) is 4.11. The summed E-state index contributed by atoms with van der Waals surface area (Å²) in [4.78, 5) is 2.78. The highest BCUT2D eigenvalue weighted by molar-refractivity contribution is 7.80. The fourth-order valence-corrected chi connectivity index (χ4v) is 2.70. The highest BCUT2D eigenvalue weighted by Gasteiger charge is 2.22. The van der Waals surface area contributed by atoms with Crippen LogP contribution in [-0.4, -0.2) is 18.1 Å². The van der Waals surface area contributed by atoms with Crippen molar-refractivity contribution >= 4 is 34.5 Å². The first-order valence-electron chi connectivity index (χ1n) is 6.46. The lowest BCUT2D eigenvalue weighted by atomic mass is 9.85. The third kappa shape index (κ3) is 2.96. The van der Waals surface area contributed by atoms with E-state index in [4.69, 9.17) is 29.6 Å². The Labute approximate surface area is 119 Å². The fraction of sp³-hybridized carbons (Fsp3) is 0.500. The maximum absolute atomic E-state index is 6.10. The molecule has 1 fully saturated rings. The number of rotatable bonds is 5. The molecule has 1 saturated carbocycles. The predicted molar refractivity (Wildman–Crippen MR) is 82.6 cm³/mol. The molecule has 0 radical (unpaired) electrons. The highest BCUT2D eigenvalue weighted by atomic mass is 35.5. The average Bonchev–Trinajstić information content (AvgIpc) is 2.27. The zero-order valence-electron chi connectivity index (χ0n) is 10.7. The van der Waals surface area contributed by atoms with Crippen LogP contribution in [0.4, 0.5) is 5.69 Å². The number of nitrogens with two attached hydrogens (primary N) is 1. The second-order valence-corrected chi connectivity index (χ2v) is 5.74. The van der Waals surface area contributed by atoms with Crippen molar-refractivity contribution in [3.8, 4) is 0 Å². The van der Waals surface area contributed by atoms with Crippen LogP contribution in [0.1, 0.15) is 31.7 Å². The van der Waals surface area contributed by atoms with E-state index in [1.54, 1.807) is 0 Å². The summed E-state index contributed by atoms with van der Waals surface area (Å²) in [5.74, 6) is 0.808. The van der Waals surface area contributed by atoms with Gasteiger partial charge in [-0.05, 0) is 43.9 Å². The Morgan fingerprint density at radius 2 is 2.22 bits per heavy atom. The summed E-state index contributed by atoms with van der Waals surface area (Å²) in [5, 5.41) is 0.733. The lowest BCUT2D eigenvalue weighted by Gasteiger charge is -2.34. The number of thiocarbonyl (C=S) groups is 1. The molecule has 2 rings (SSSR count). The molecule has 18 heavy (non-hydrogen) atoms. The van der Waals surface area contributed by atoms with E-state index >= 15 is 0 Å². The van der Waals surface area contributed by atoms with Crippen LogP contribution in [-0.2, 0) is 0 Å². The molecule has 0 bridgehead atoms. The minimum absolute atomic E-state index is 0.439. The normalized spacial score (nSPS) is 15.2. The molecule has 0 aromatic heterocycles. The molecule has 4 heteroatoms. The molecule has 0 saturated heterocycles. The molecule has 0 atom stereocenters. The summed E-state index contributed by atoms with van der Waals surface area (Å²) in [6.07, 6.45) is 4.03. The summed E-state index contributed by atoms with van der Waals surface area (Å²) < 4.78 is 0. The Hall–Kier alpha value is -0.800. The van der Waals surface area contributed by atoms with E-state index in [-0.39, 0.29) is 0 Å². The Balaban J connectivity index is 2.26. The molecule has 0 spiro atoms. The summed E-state index contributed by atoms with van der Waals surface area (Å²) >= 11 is 11.2. The molecule has 0 unspecified atom stereocenters. The number of benzene rings is 1. The summed E-state index contributed by atoms with van der Waals surface area (Å²) in [6.45, 7) is 4.18. The van der Waals surface area contributed by atoms with E-state index in [1.807, 2.05) is 18.2 Å². The summed E-state index contributed by atoms with van der Waals surface area (Å²) in [5.41, 5.74) is 7.80. The van der Waals surface area contributed by atoms with Gasteiger partial charge in [0.2, 0.25) is 0 Å². The van der Waals surface area contributed by atoms with Crippen molar-refractivity contribution < 1.29 is 0 Å². The van der Waals surface area contributed by atoms with Gasteiger partial charge in [0, 0.05) is 29.4 Å². The number of hydrogen-bond donors (Lipinski definition) is 1. The predicted octanol–water partition coefficient (Wildman–Crippen LogP) is 3.60. The SMILES string of the molecule is CCN(CC1CCC1)c1cc(Cl)ccc1C(N)=S. The van der Waals surface area contributed by atoms with Crippen LogP contribution >= 0.6 is 23.8 Å².